The molecule has 0 bridgehead atoms. The standard InChI is InChI=1S/C28H30N4O4S/c1-30(2)22-13-11-21(12-14-22)29-25(33)19-28(35)26(34)32(23-7-5-4-6-8-23)27(37)31(28)18-17-20-9-15-24(36-3)16-10-20/h4-16,35H,17-19H2,1-3H3,(H,29,33). The van der Waals surface area contributed by atoms with Gasteiger partial charge in [-0.2, -0.15) is 0 Å². The summed E-state index contributed by atoms with van der Waals surface area (Å²) in [5, 5.41) is 14.6. The molecule has 0 aromatic heterocycles. The summed E-state index contributed by atoms with van der Waals surface area (Å²) in [6.07, 6.45) is 0.0172. The van der Waals surface area contributed by atoms with Crippen LogP contribution in [0.5, 0.6) is 5.75 Å². The van der Waals surface area contributed by atoms with Crippen molar-refractivity contribution in [3.8, 4) is 5.75 Å². The minimum atomic E-state index is -2.13. The molecule has 192 valence electrons. The van der Waals surface area contributed by atoms with Gasteiger partial charge in [-0.25, -0.2) is 0 Å². The number of nitrogens with zero attached hydrogens (tertiary/aromatic N) is 3. The third-order valence-corrected chi connectivity index (χ3v) is 6.69. The van der Waals surface area contributed by atoms with Crippen LogP contribution in [0.1, 0.15) is 12.0 Å². The Morgan fingerprint density at radius 3 is 2.27 bits per heavy atom. The highest BCUT2D eigenvalue weighted by atomic mass is 32.1. The molecule has 1 aliphatic heterocycles. The summed E-state index contributed by atoms with van der Waals surface area (Å²) in [5.74, 6) is -0.421. The van der Waals surface area contributed by atoms with Crippen molar-refractivity contribution in [2.24, 2.45) is 0 Å². The molecule has 4 rings (SSSR count). The lowest BCUT2D eigenvalue weighted by Crippen LogP contribution is -2.52. The maximum absolute atomic E-state index is 13.6. The number of aliphatic hydroxyl groups is 1. The molecule has 0 aliphatic carbocycles. The SMILES string of the molecule is COc1ccc(CCN2C(=S)N(c3ccccc3)C(=O)C2(O)CC(=O)Nc2ccc(N(C)C)cc2)cc1. The lowest BCUT2D eigenvalue weighted by molar-refractivity contribution is -0.151. The molecular weight excluding hydrogens is 488 g/mol. The molecule has 1 atom stereocenters. The van der Waals surface area contributed by atoms with Gasteiger partial charge in [0.15, 0.2) is 5.11 Å². The average Bonchev–Trinajstić information content (AvgIpc) is 3.07. The van der Waals surface area contributed by atoms with E-state index < -0.39 is 24.0 Å². The van der Waals surface area contributed by atoms with Crippen molar-refractivity contribution in [3.05, 3.63) is 84.4 Å². The van der Waals surface area contributed by atoms with E-state index in [0.717, 1.165) is 17.0 Å². The monoisotopic (exact) mass is 518 g/mol. The number of para-hydroxylation sites is 1. The third-order valence-electron chi connectivity index (χ3n) is 6.29. The number of anilines is 3. The summed E-state index contributed by atoms with van der Waals surface area (Å²) in [6, 6.07) is 23.7. The summed E-state index contributed by atoms with van der Waals surface area (Å²) in [6.45, 7) is 0.238. The Kier molecular flexibility index (Phi) is 7.75. The van der Waals surface area contributed by atoms with Crippen molar-refractivity contribution in [2.45, 2.75) is 18.6 Å². The van der Waals surface area contributed by atoms with Crippen LogP contribution in [0.25, 0.3) is 0 Å². The van der Waals surface area contributed by atoms with Crippen molar-refractivity contribution in [2.75, 3.05) is 42.9 Å². The Morgan fingerprint density at radius 1 is 1.03 bits per heavy atom. The number of thiocarbonyl (C=S) groups is 1. The lowest BCUT2D eigenvalue weighted by atomic mass is 10.1. The normalized spacial score (nSPS) is 17.2. The molecule has 9 heteroatoms. The molecule has 8 nitrogen and oxygen atoms in total. The maximum Gasteiger partial charge on any atom is 0.287 e. The zero-order chi connectivity index (χ0) is 26.6. The van der Waals surface area contributed by atoms with Gasteiger partial charge in [-0.1, -0.05) is 30.3 Å². The van der Waals surface area contributed by atoms with Crippen molar-refractivity contribution in [3.63, 3.8) is 0 Å². The third kappa shape index (κ3) is 5.58. The summed E-state index contributed by atoms with van der Waals surface area (Å²) in [5.41, 5.74) is 0.921. The number of carbonyl (C=O) groups excluding carboxylic acids is 2. The predicted molar refractivity (Wildman–Crippen MR) is 149 cm³/mol. The van der Waals surface area contributed by atoms with Crippen LogP contribution < -0.4 is 19.9 Å². The van der Waals surface area contributed by atoms with E-state index in [1.54, 1.807) is 43.5 Å². The fourth-order valence-corrected chi connectivity index (χ4v) is 4.65. The Bertz CT molecular complexity index is 1270. The first-order chi connectivity index (χ1) is 17.7. The van der Waals surface area contributed by atoms with E-state index in [1.165, 1.54) is 9.80 Å². The van der Waals surface area contributed by atoms with Crippen LogP contribution in [0.4, 0.5) is 17.1 Å². The second-order valence-electron chi connectivity index (χ2n) is 8.99. The average molecular weight is 519 g/mol. The van der Waals surface area contributed by atoms with E-state index >= 15 is 0 Å². The topological polar surface area (TPSA) is 85.4 Å². The fourth-order valence-electron chi connectivity index (χ4n) is 4.22. The Morgan fingerprint density at radius 2 is 1.68 bits per heavy atom. The van der Waals surface area contributed by atoms with Crippen LogP contribution in [0, 0.1) is 0 Å². The molecule has 3 aromatic carbocycles. The Balaban J connectivity index is 1.57. The molecule has 0 saturated carbocycles. The van der Waals surface area contributed by atoms with Gasteiger partial charge in [0.2, 0.25) is 11.6 Å². The summed E-state index contributed by atoms with van der Waals surface area (Å²) in [4.78, 5) is 31.3. The van der Waals surface area contributed by atoms with Crippen LogP contribution >= 0.6 is 12.2 Å². The number of nitrogens with one attached hydrogen (secondary N) is 1. The summed E-state index contributed by atoms with van der Waals surface area (Å²) >= 11 is 5.66. The van der Waals surface area contributed by atoms with Crippen LogP contribution in [0.2, 0.25) is 0 Å². The predicted octanol–water partition coefficient (Wildman–Crippen LogP) is 3.65. The number of benzene rings is 3. The van der Waals surface area contributed by atoms with Crippen molar-refractivity contribution >= 4 is 46.2 Å². The van der Waals surface area contributed by atoms with Crippen molar-refractivity contribution in [1.29, 1.82) is 0 Å². The molecule has 37 heavy (non-hydrogen) atoms. The zero-order valence-corrected chi connectivity index (χ0v) is 21.9. The molecule has 2 N–H and O–H groups in total. The van der Waals surface area contributed by atoms with Crippen molar-refractivity contribution < 1.29 is 19.4 Å². The molecule has 3 aromatic rings. The van der Waals surface area contributed by atoms with Gasteiger partial charge >= 0.3 is 0 Å². The van der Waals surface area contributed by atoms with E-state index in [1.807, 2.05) is 61.5 Å². The summed E-state index contributed by atoms with van der Waals surface area (Å²) in [7, 11) is 5.46. The van der Waals surface area contributed by atoms with E-state index in [0.29, 0.717) is 17.8 Å². The number of rotatable bonds is 9. The highest BCUT2D eigenvalue weighted by molar-refractivity contribution is 7.80. The van der Waals surface area contributed by atoms with Gasteiger partial charge in [0.05, 0.1) is 19.2 Å². The van der Waals surface area contributed by atoms with Gasteiger partial charge in [0.1, 0.15) is 5.75 Å². The van der Waals surface area contributed by atoms with Gasteiger partial charge in [0.25, 0.3) is 5.91 Å². The van der Waals surface area contributed by atoms with Gasteiger partial charge in [0, 0.05) is 32.0 Å². The minimum Gasteiger partial charge on any atom is -0.497 e. The second kappa shape index (κ2) is 11.0. The van der Waals surface area contributed by atoms with E-state index in [-0.39, 0.29) is 11.7 Å². The largest absolute Gasteiger partial charge is 0.497 e. The highest BCUT2D eigenvalue weighted by Crippen LogP contribution is 2.34. The molecule has 0 radical (unpaired) electrons. The van der Waals surface area contributed by atoms with Gasteiger partial charge < -0.3 is 25.0 Å². The highest BCUT2D eigenvalue weighted by Gasteiger charge is 2.55. The molecule has 1 heterocycles. The molecule has 2 amide bonds. The van der Waals surface area contributed by atoms with Gasteiger partial charge in [-0.05, 0) is 72.7 Å². The first-order valence-electron chi connectivity index (χ1n) is 11.9. The van der Waals surface area contributed by atoms with Crippen LogP contribution in [0.3, 0.4) is 0 Å². The molecule has 1 saturated heterocycles. The van der Waals surface area contributed by atoms with Crippen molar-refractivity contribution in [1.82, 2.24) is 4.90 Å². The number of amides is 2. The number of ether oxygens (including phenoxy) is 1. The Hall–Kier alpha value is -3.95. The lowest BCUT2D eigenvalue weighted by Gasteiger charge is -2.31. The van der Waals surface area contributed by atoms with Gasteiger partial charge in [-0.15, -0.1) is 0 Å². The van der Waals surface area contributed by atoms with Gasteiger partial charge in [-0.3, -0.25) is 14.5 Å². The maximum atomic E-state index is 13.6. The van der Waals surface area contributed by atoms with Crippen LogP contribution in [-0.2, 0) is 16.0 Å². The number of hydrogen-bond donors (Lipinski definition) is 2. The first-order valence-corrected chi connectivity index (χ1v) is 12.3. The second-order valence-corrected chi connectivity index (χ2v) is 9.36. The molecule has 1 aliphatic rings. The molecular formula is C28H30N4O4S. The van der Waals surface area contributed by atoms with E-state index in [2.05, 4.69) is 5.32 Å². The van der Waals surface area contributed by atoms with E-state index in [9.17, 15) is 14.7 Å². The van der Waals surface area contributed by atoms with Crippen LogP contribution in [-0.4, -0.2) is 60.4 Å². The zero-order valence-electron chi connectivity index (χ0n) is 21.0. The summed E-state index contributed by atoms with van der Waals surface area (Å²) < 4.78 is 5.22. The fraction of sp³-hybridized carbons (Fsp3) is 0.250. The molecule has 1 fully saturated rings. The first kappa shape index (κ1) is 26.1. The number of methoxy groups -OCH3 is 1. The Labute approximate surface area is 222 Å². The number of carbonyl (C=O) groups is 2. The minimum absolute atomic E-state index is 0.148. The van der Waals surface area contributed by atoms with Crippen LogP contribution in [0.15, 0.2) is 78.9 Å². The molecule has 1 unspecified atom stereocenters. The smallest absolute Gasteiger partial charge is 0.287 e. The quantitative estimate of drug-likeness (QED) is 0.418. The molecule has 0 spiro atoms. The number of hydrogen-bond acceptors (Lipinski definition) is 6. The van der Waals surface area contributed by atoms with E-state index in [4.69, 9.17) is 17.0 Å².